The van der Waals surface area contributed by atoms with Crippen LogP contribution in [0.2, 0.25) is 0 Å². The van der Waals surface area contributed by atoms with Gasteiger partial charge in [-0.1, -0.05) is 44.2 Å². The molecule has 1 aromatic heterocycles. The van der Waals surface area contributed by atoms with Gasteiger partial charge in [0.15, 0.2) is 5.82 Å². The fourth-order valence-corrected chi connectivity index (χ4v) is 4.04. The van der Waals surface area contributed by atoms with Crippen LogP contribution in [0.3, 0.4) is 0 Å². The van der Waals surface area contributed by atoms with E-state index in [1.165, 1.54) is 6.20 Å². The number of hydrogen-bond acceptors (Lipinski definition) is 6. The Morgan fingerprint density at radius 3 is 2.59 bits per heavy atom. The Labute approximate surface area is 158 Å². The van der Waals surface area contributed by atoms with Crippen molar-refractivity contribution in [3.8, 4) is 11.3 Å². The zero-order valence-corrected chi connectivity index (χ0v) is 15.7. The average molecular weight is 362 g/mol. The van der Waals surface area contributed by atoms with Crippen molar-refractivity contribution >= 4 is 11.8 Å². The zero-order chi connectivity index (χ0) is 19.1. The van der Waals surface area contributed by atoms with Gasteiger partial charge in [0.05, 0.1) is 17.5 Å². The Balaban J connectivity index is 1.53. The summed E-state index contributed by atoms with van der Waals surface area (Å²) >= 11 is 0. The molecule has 6 heteroatoms. The number of hydrogen-bond donors (Lipinski definition) is 0. The van der Waals surface area contributed by atoms with Crippen LogP contribution in [0.4, 0.5) is 5.82 Å². The molecule has 0 spiro atoms. The monoisotopic (exact) mass is 362 g/mol. The number of rotatable bonds is 3. The van der Waals surface area contributed by atoms with Crippen molar-refractivity contribution in [3.05, 3.63) is 54.2 Å². The predicted octanol–water partition coefficient (Wildman–Crippen LogP) is 4.86. The van der Waals surface area contributed by atoms with E-state index >= 15 is 0 Å². The first-order valence-electron chi connectivity index (χ1n) is 9.14. The fourth-order valence-electron chi connectivity index (χ4n) is 4.04. The molecule has 27 heavy (non-hydrogen) atoms. The topological polar surface area (TPSA) is 76.8 Å². The molecule has 2 atom stereocenters. The van der Waals surface area contributed by atoms with Gasteiger partial charge in [-0.25, -0.2) is 4.79 Å². The summed E-state index contributed by atoms with van der Waals surface area (Å²) < 4.78 is 5.72. The van der Waals surface area contributed by atoms with Crippen LogP contribution < -0.4 is 0 Å². The number of nitrogens with zero attached hydrogens (tertiary/aromatic N) is 4. The van der Waals surface area contributed by atoms with E-state index in [9.17, 15) is 4.79 Å². The van der Waals surface area contributed by atoms with Crippen molar-refractivity contribution in [1.29, 1.82) is 0 Å². The van der Waals surface area contributed by atoms with E-state index in [1.54, 1.807) is 6.07 Å². The lowest BCUT2D eigenvalue weighted by Gasteiger charge is -2.45. The maximum atomic E-state index is 12.4. The molecule has 2 fully saturated rings. The Morgan fingerprint density at radius 1 is 1.11 bits per heavy atom. The van der Waals surface area contributed by atoms with Crippen molar-refractivity contribution in [1.82, 2.24) is 10.2 Å². The molecule has 2 aliphatic rings. The Morgan fingerprint density at radius 2 is 1.89 bits per heavy atom. The highest BCUT2D eigenvalue weighted by Crippen LogP contribution is 2.58. The summed E-state index contributed by atoms with van der Waals surface area (Å²) in [6, 6.07) is 13.4. The summed E-state index contributed by atoms with van der Waals surface area (Å²) in [4.78, 5) is 12.4. The van der Waals surface area contributed by atoms with Gasteiger partial charge in [-0.15, -0.1) is 15.3 Å². The minimum Gasteiger partial charge on any atom is -0.455 e. The van der Waals surface area contributed by atoms with Crippen molar-refractivity contribution in [2.24, 2.45) is 21.6 Å². The Bertz CT molecular complexity index is 919. The predicted molar refractivity (Wildman–Crippen MR) is 101 cm³/mol. The van der Waals surface area contributed by atoms with Gasteiger partial charge in [0.25, 0.3) is 0 Å². The lowest BCUT2D eigenvalue weighted by Crippen LogP contribution is -2.49. The molecule has 2 heterocycles. The average Bonchev–Trinajstić information content (AvgIpc) is 2.80. The molecular formula is C21H22N4O2. The zero-order valence-electron chi connectivity index (χ0n) is 15.7. The third-order valence-corrected chi connectivity index (χ3v) is 6.15. The van der Waals surface area contributed by atoms with E-state index in [2.05, 4.69) is 34.3 Å². The van der Waals surface area contributed by atoms with Crippen molar-refractivity contribution in [2.45, 2.75) is 39.2 Å². The van der Waals surface area contributed by atoms with E-state index in [1.807, 2.05) is 43.3 Å². The molecule has 1 aliphatic heterocycles. The molecule has 0 radical (unpaired) electrons. The Hall–Kier alpha value is -2.89. The minimum atomic E-state index is -0.401. The van der Waals surface area contributed by atoms with Crippen LogP contribution in [0.5, 0.6) is 0 Å². The molecule has 6 nitrogen and oxygen atoms in total. The molecule has 0 amide bonds. The lowest BCUT2D eigenvalue weighted by molar-refractivity contribution is -0.172. The second-order valence-corrected chi connectivity index (χ2v) is 7.88. The van der Waals surface area contributed by atoms with Gasteiger partial charge in [0.2, 0.25) is 0 Å². The van der Waals surface area contributed by atoms with Gasteiger partial charge >= 0.3 is 5.97 Å². The highest BCUT2D eigenvalue weighted by atomic mass is 16.6. The largest absolute Gasteiger partial charge is 0.455 e. The van der Waals surface area contributed by atoms with Crippen LogP contribution in [0, 0.1) is 11.3 Å². The summed E-state index contributed by atoms with van der Waals surface area (Å²) in [6.45, 7) is 6.32. The summed E-state index contributed by atoms with van der Waals surface area (Å²) in [7, 11) is 0. The van der Waals surface area contributed by atoms with Gasteiger partial charge in [-0.05, 0) is 31.9 Å². The lowest BCUT2D eigenvalue weighted by atomic mass is 9.69. The van der Waals surface area contributed by atoms with Crippen molar-refractivity contribution in [3.63, 3.8) is 0 Å². The van der Waals surface area contributed by atoms with Crippen LogP contribution in [0.15, 0.2) is 64.5 Å². The number of fused-ring (bicyclic) bond motifs is 2. The third-order valence-electron chi connectivity index (χ3n) is 6.15. The molecule has 0 N–H and O–H groups in total. The van der Waals surface area contributed by atoms with Crippen LogP contribution in [-0.2, 0) is 9.53 Å². The first-order chi connectivity index (χ1) is 12.9. The van der Waals surface area contributed by atoms with Crippen LogP contribution >= 0.6 is 0 Å². The van der Waals surface area contributed by atoms with E-state index in [0.29, 0.717) is 11.4 Å². The Kier molecular flexibility index (Phi) is 4.13. The molecule has 1 saturated heterocycles. The smallest absolute Gasteiger partial charge is 0.336 e. The van der Waals surface area contributed by atoms with E-state index in [4.69, 9.17) is 4.74 Å². The standard InChI is InChI=1S/C21H22N4O2/c1-20(2)16-11-12-21(20,3)27-19(26)15(16)13-22-24-18-10-9-17(23-25-18)14-7-5-4-6-8-14/h4-10,13,16H,11-12H2,1-3H3/b15-13+,24-22?. The number of ether oxygens (including phenoxy) is 1. The number of benzene rings is 1. The molecule has 2 unspecified atom stereocenters. The van der Waals surface area contributed by atoms with Gasteiger partial charge in [0.1, 0.15) is 5.60 Å². The molecule has 4 rings (SSSR count). The van der Waals surface area contributed by atoms with Crippen LogP contribution in [0.1, 0.15) is 33.6 Å². The molecular weight excluding hydrogens is 340 g/mol. The summed E-state index contributed by atoms with van der Waals surface area (Å²) in [6.07, 6.45) is 3.31. The summed E-state index contributed by atoms with van der Waals surface area (Å²) in [5.74, 6) is 0.240. The maximum Gasteiger partial charge on any atom is 0.336 e. The van der Waals surface area contributed by atoms with E-state index in [0.717, 1.165) is 24.1 Å². The molecule has 1 aromatic carbocycles. The van der Waals surface area contributed by atoms with Gasteiger partial charge < -0.3 is 4.74 Å². The molecule has 2 bridgehead atoms. The maximum absolute atomic E-state index is 12.4. The highest BCUT2D eigenvalue weighted by molar-refractivity contribution is 5.91. The first kappa shape index (κ1) is 17.5. The second-order valence-electron chi connectivity index (χ2n) is 7.88. The quantitative estimate of drug-likeness (QED) is 0.444. The number of azo groups is 1. The van der Waals surface area contributed by atoms with E-state index < -0.39 is 5.60 Å². The van der Waals surface area contributed by atoms with Gasteiger partial charge in [-0.3, -0.25) is 0 Å². The molecule has 138 valence electrons. The molecule has 1 saturated carbocycles. The van der Waals surface area contributed by atoms with Gasteiger partial charge in [-0.2, -0.15) is 5.11 Å². The number of carbonyl (C=O) groups is 1. The highest BCUT2D eigenvalue weighted by Gasteiger charge is 2.60. The molecule has 1 aliphatic carbocycles. The van der Waals surface area contributed by atoms with E-state index in [-0.39, 0.29) is 17.3 Å². The first-order valence-corrected chi connectivity index (χ1v) is 9.14. The second kappa shape index (κ2) is 6.37. The normalized spacial score (nSPS) is 27.9. The number of esters is 1. The third kappa shape index (κ3) is 2.95. The minimum absolute atomic E-state index is 0.112. The van der Waals surface area contributed by atoms with Crippen LogP contribution in [-0.4, -0.2) is 21.8 Å². The summed E-state index contributed by atoms with van der Waals surface area (Å²) in [5, 5.41) is 16.4. The van der Waals surface area contributed by atoms with Crippen LogP contribution in [0.25, 0.3) is 11.3 Å². The van der Waals surface area contributed by atoms with Gasteiger partial charge in [0, 0.05) is 16.9 Å². The number of aromatic nitrogens is 2. The van der Waals surface area contributed by atoms with Crippen molar-refractivity contribution < 1.29 is 9.53 Å². The summed E-state index contributed by atoms with van der Waals surface area (Å²) in [5.41, 5.74) is 1.84. The molecule has 2 aromatic rings. The SMILES string of the molecule is CC12CCC(/C(=C\N=Nc3ccc(-c4ccccc4)nn3)C(=O)O1)C2(C)C. The number of carbonyl (C=O) groups excluding carboxylic acids is 1. The van der Waals surface area contributed by atoms with Crippen molar-refractivity contribution in [2.75, 3.05) is 0 Å². The fraction of sp³-hybridized carbons (Fsp3) is 0.381.